The van der Waals surface area contributed by atoms with E-state index in [2.05, 4.69) is 99.3 Å². The van der Waals surface area contributed by atoms with E-state index >= 15 is 8.78 Å². The number of ketones is 1. The first-order valence-corrected chi connectivity index (χ1v) is 26.0. The van der Waals surface area contributed by atoms with Crippen LogP contribution in [-0.4, -0.2) is 5.78 Å². The number of carbonyl (C=O) groups excluding carboxylic acids is 1. The molecule has 0 aliphatic heterocycles. The van der Waals surface area contributed by atoms with Gasteiger partial charge in [0.1, 0.15) is 17.4 Å². The van der Waals surface area contributed by atoms with Crippen molar-refractivity contribution in [2.24, 2.45) is 29.6 Å². The number of hydrogen-bond acceptors (Lipinski definition) is 1. The topological polar surface area (TPSA) is 17.1 Å². The number of benzene rings is 4. The Morgan fingerprint density at radius 2 is 1.17 bits per heavy atom. The fourth-order valence-corrected chi connectivity index (χ4v) is 14.1. The number of rotatable bonds is 12. The molecule has 65 heavy (non-hydrogen) atoms. The van der Waals surface area contributed by atoms with Crippen molar-refractivity contribution in [1.82, 2.24) is 0 Å². The number of Topliss-reactive ketones (excluding diaryl/α,β-unsaturated/α-hetero) is 1. The molecule has 4 aromatic carbocycles. The van der Waals surface area contributed by atoms with Crippen molar-refractivity contribution < 1.29 is 13.6 Å². The van der Waals surface area contributed by atoms with Crippen LogP contribution in [0, 0.1) is 41.2 Å². The summed E-state index contributed by atoms with van der Waals surface area (Å²) in [6, 6.07) is 28.4. The molecule has 6 aliphatic rings. The molecule has 0 spiro atoms. The molecule has 4 fully saturated rings. The average molecular weight is 873 g/mol. The molecule has 6 aliphatic carbocycles. The van der Waals surface area contributed by atoms with Crippen LogP contribution in [0.3, 0.4) is 0 Å². The first kappa shape index (κ1) is 45.8. The lowest BCUT2D eigenvalue weighted by atomic mass is 9.74. The van der Waals surface area contributed by atoms with Crippen LogP contribution < -0.4 is 0 Å². The van der Waals surface area contributed by atoms with E-state index < -0.39 is 0 Å². The lowest BCUT2D eigenvalue weighted by Gasteiger charge is -2.31. The molecule has 342 valence electrons. The fraction of sp³-hybridized carbons (Fsp3) is 0.500. The molecular weight excluding hydrogens is 799 g/mol. The molecule has 4 aromatic rings. The van der Waals surface area contributed by atoms with Crippen LogP contribution in [0.1, 0.15) is 204 Å². The smallest absolute Gasteiger partial charge is 0.130 e. The minimum atomic E-state index is -0.354. The van der Waals surface area contributed by atoms with Crippen LogP contribution in [0.15, 0.2) is 102 Å². The molecule has 0 heterocycles. The van der Waals surface area contributed by atoms with Crippen molar-refractivity contribution in [2.75, 3.05) is 0 Å². The van der Waals surface area contributed by atoms with E-state index in [1.165, 1.54) is 88.6 Å². The standard InChI is InChI=1S/C60H68F2O.C2H6/c1-36(2)56(27-37(3)63)38(4)52-15-10-16-53(52)50-29-44-22-24-46(31-49(44)33-50)55-26-25-54(45-23-21-43-28-47(32-48(43)30-45)40-13-8-9-14-40)59(55)51-34-57(61)60(58(62)35-51)42-19-17-41(18-20-42)39-11-6-5-7-12-39;1-2/h5-7,11-12,21-24,30-36,40-42,52-56,59H,4,8-10,13-20,25-29H2,1-3H3;1-2H3/t41?,42?,52?,53-,54+,55+,56-,59?;/m0./s1. The summed E-state index contributed by atoms with van der Waals surface area (Å²) in [5.74, 6) is 2.42. The van der Waals surface area contributed by atoms with E-state index in [9.17, 15) is 4.79 Å². The maximum Gasteiger partial charge on any atom is 0.130 e. The van der Waals surface area contributed by atoms with Crippen molar-refractivity contribution in [1.29, 1.82) is 0 Å². The molecular formula is C62H74F2O. The second-order valence-electron chi connectivity index (χ2n) is 21.3. The minimum Gasteiger partial charge on any atom is -0.300 e. The predicted octanol–water partition coefficient (Wildman–Crippen LogP) is 17.2. The van der Waals surface area contributed by atoms with Gasteiger partial charge in [-0.05, 0) is 200 Å². The van der Waals surface area contributed by atoms with Crippen molar-refractivity contribution in [2.45, 2.75) is 167 Å². The quantitative estimate of drug-likeness (QED) is 0.130. The molecule has 10 rings (SSSR count). The Bertz CT molecular complexity index is 2400. The molecule has 3 heteroatoms. The molecule has 0 amide bonds. The van der Waals surface area contributed by atoms with Crippen molar-refractivity contribution in [3.8, 4) is 0 Å². The highest BCUT2D eigenvalue weighted by molar-refractivity contribution is 5.76. The summed E-state index contributed by atoms with van der Waals surface area (Å²) >= 11 is 0. The van der Waals surface area contributed by atoms with Crippen LogP contribution in [-0.2, 0) is 17.6 Å². The predicted molar refractivity (Wildman–Crippen MR) is 267 cm³/mol. The molecule has 6 atom stereocenters. The summed E-state index contributed by atoms with van der Waals surface area (Å²) in [6.45, 7) is 14.9. The first-order chi connectivity index (χ1) is 31.6. The number of halogens is 2. The van der Waals surface area contributed by atoms with E-state index in [1.807, 2.05) is 13.8 Å². The SMILES string of the molecule is C=C(C1CCC[C@H]1C1=Cc2cc([C@H]3CC[C@H](c4ccc5c(c4)C=C(C4CCCC4)C5)C3c3cc(F)c(C4CCC(c5ccccc5)CC4)c(F)c3)ccc2C1)[C@@H](CC(C)=O)C(C)C.CC. The normalized spacial score (nSPS) is 26.6. The summed E-state index contributed by atoms with van der Waals surface area (Å²) in [7, 11) is 0. The third kappa shape index (κ3) is 9.34. The largest absolute Gasteiger partial charge is 0.300 e. The highest BCUT2D eigenvalue weighted by Crippen LogP contribution is 2.56. The third-order valence-corrected chi connectivity index (χ3v) is 17.4. The van der Waals surface area contributed by atoms with Crippen LogP contribution in [0.4, 0.5) is 8.78 Å². The summed E-state index contributed by atoms with van der Waals surface area (Å²) < 4.78 is 33.5. The van der Waals surface area contributed by atoms with Crippen molar-refractivity contribution >= 4 is 17.9 Å². The summed E-state index contributed by atoms with van der Waals surface area (Å²) in [5, 5.41) is 0. The van der Waals surface area contributed by atoms with Crippen LogP contribution in [0.25, 0.3) is 12.2 Å². The minimum absolute atomic E-state index is 0.0331. The number of allylic oxidation sites excluding steroid dienone is 3. The molecule has 0 saturated heterocycles. The van der Waals surface area contributed by atoms with Gasteiger partial charge >= 0.3 is 0 Å². The first-order valence-electron chi connectivity index (χ1n) is 26.0. The third-order valence-electron chi connectivity index (χ3n) is 17.4. The van der Waals surface area contributed by atoms with Crippen LogP contribution in [0.2, 0.25) is 0 Å². The van der Waals surface area contributed by atoms with Gasteiger partial charge in [-0.2, -0.15) is 0 Å². The highest BCUT2D eigenvalue weighted by Gasteiger charge is 2.42. The Hall–Kier alpha value is -4.37. The van der Waals surface area contributed by atoms with E-state index in [0.717, 1.165) is 69.3 Å². The van der Waals surface area contributed by atoms with Crippen LogP contribution >= 0.6 is 0 Å². The molecule has 2 unspecified atom stereocenters. The van der Waals surface area contributed by atoms with Gasteiger partial charge < -0.3 is 4.79 Å². The summed E-state index contributed by atoms with van der Waals surface area (Å²) in [4.78, 5) is 12.3. The summed E-state index contributed by atoms with van der Waals surface area (Å²) in [5.41, 5.74) is 15.0. The molecule has 4 saturated carbocycles. The van der Waals surface area contributed by atoms with Gasteiger partial charge in [0.05, 0.1) is 0 Å². The lowest BCUT2D eigenvalue weighted by Crippen LogP contribution is -2.23. The summed E-state index contributed by atoms with van der Waals surface area (Å²) in [6.07, 6.45) is 21.9. The Balaban J connectivity index is 0.00000263. The molecule has 0 N–H and O–H groups in total. The van der Waals surface area contributed by atoms with Gasteiger partial charge in [0.15, 0.2) is 0 Å². The zero-order valence-electron chi connectivity index (χ0n) is 40.1. The maximum absolute atomic E-state index is 16.7. The Labute approximate surface area is 390 Å². The van der Waals surface area contributed by atoms with Crippen LogP contribution in [0.5, 0.6) is 0 Å². The number of carbonyl (C=O) groups is 1. The number of hydrogen-bond donors (Lipinski definition) is 0. The lowest BCUT2D eigenvalue weighted by molar-refractivity contribution is -0.118. The Morgan fingerprint density at radius 1 is 0.600 bits per heavy atom. The van der Waals surface area contributed by atoms with E-state index in [4.69, 9.17) is 0 Å². The van der Waals surface area contributed by atoms with Gasteiger partial charge in [0.2, 0.25) is 0 Å². The maximum atomic E-state index is 16.7. The average Bonchev–Trinajstić information content (AvgIpc) is 4.17. The molecule has 0 radical (unpaired) electrons. The second-order valence-corrected chi connectivity index (χ2v) is 21.3. The Morgan fingerprint density at radius 3 is 1.75 bits per heavy atom. The van der Waals surface area contributed by atoms with Crippen molar-refractivity contribution in [3.05, 3.63) is 164 Å². The zero-order chi connectivity index (χ0) is 45.4. The van der Waals surface area contributed by atoms with Gasteiger partial charge in [-0.1, -0.05) is 149 Å². The number of fused-ring (bicyclic) bond motifs is 2. The van der Waals surface area contributed by atoms with Gasteiger partial charge in [0, 0.05) is 12.0 Å². The second kappa shape index (κ2) is 19.8. The van der Waals surface area contributed by atoms with Crippen molar-refractivity contribution in [3.63, 3.8) is 0 Å². The van der Waals surface area contributed by atoms with E-state index in [1.54, 1.807) is 24.6 Å². The van der Waals surface area contributed by atoms with E-state index in [-0.39, 0.29) is 47.0 Å². The molecule has 1 nitrogen and oxygen atoms in total. The monoisotopic (exact) mass is 873 g/mol. The molecule has 0 bridgehead atoms. The fourth-order valence-electron chi connectivity index (χ4n) is 14.1. The Kier molecular flexibility index (Phi) is 14.0. The van der Waals surface area contributed by atoms with Gasteiger partial charge in [-0.3, -0.25) is 0 Å². The van der Waals surface area contributed by atoms with E-state index in [0.29, 0.717) is 35.7 Å². The highest BCUT2D eigenvalue weighted by atomic mass is 19.1. The zero-order valence-corrected chi connectivity index (χ0v) is 40.1. The van der Waals surface area contributed by atoms with Gasteiger partial charge in [0.25, 0.3) is 0 Å². The van der Waals surface area contributed by atoms with Gasteiger partial charge in [-0.15, -0.1) is 0 Å². The van der Waals surface area contributed by atoms with Gasteiger partial charge in [-0.25, -0.2) is 8.78 Å². The molecule has 0 aromatic heterocycles.